The highest BCUT2D eigenvalue weighted by molar-refractivity contribution is 5.86. The Morgan fingerprint density at radius 2 is 1.59 bits per heavy atom. The van der Waals surface area contributed by atoms with Crippen LogP contribution < -0.4 is 0 Å². The standard InChI is InChI=1S/C23H20N2O4/c26-22(27)21-10-9-15-13-24(11-12-25(15)21)23(28)29-14-20-18-7-3-1-5-16(18)17-6-2-4-8-19(17)20/h1-10,20H,11-14H2,(H,26,27). The Morgan fingerprint density at radius 1 is 0.931 bits per heavy atom. The number of aromatic carboxylic acids is 1. The number of fused-ring (bicyclic) bond motifs is 4. The Hall–Kier alpha value is -3.54. The summed E-state index contributed by atoms with van der Waals surface area (Å²) in [5.74, 6) is -0.926. The number of carbonyl (C=O) groups excluding carboxylic acids is 1. The predicted molar refractivity (Wildman–Crippen MR) is 107 cm³/mol. The van der Waals surface area contributed by atoms with Crippen molar-refractivity contribution in [1.82, 2.24) is 9.47 Å². The average Bonchev–Trinajstić information content (AvgIpc) is 3.31. The second kappa shape index (κ2) is 6.81. The molecule has 146 valence electrons. The molecule has 1 aliphatic heterocycles. The number of carboxylic acid groups (broad SMARTS) is 1. The molecule has 2 aliphatic rings. The van der Waals surface area contributed by atoms with Gasteiger partial charge in [0.1, 0.15) is 12.3 Å². The molecule has 0 radical (unpaired) electrons. The van der Waals surface area contributed by atoms with E-state index in [4.69, 9.17) is 4.74 Å². The van der Waals surface area contributed by atoms with Crippen LogP contribution in [0.25, 0.3) is 11.1 Å². The minimum absolute atomic E-state index is 0.0265. The summed E-state index contributed by atoms with van der Waals surface area (Å²) in [5.41, 5.74) is 5.82. The van der Waals surface area contributed by atoms with Crippen molar-refractivity contribution in [3.63, 3.8) is 0 Å². The van der Waals surface area contributed by atoms with E-state index in [0.29, 0.717) is 19.6 Å². The lowest BCUT2D eigenvalue weighted by molar-refractivity contribution is 0.0678. The van der Waals surface area contributed by atoms with Gasteiger partial charge >= 0.3 is 12.1 Å². The Morgan fingerprint density at radius 3 is 2.24 bits per heavy atom. The maximum Gasteiger partial charge on any atom is 0.410 e. The molecule has 1 aromatic heterocycles. The molecule has 0 spiro atoms. The van der Waals surface area contributed by atoms with Crippen LogP contribution in [0.2, 0.25) is 0 Å². The topological polar surface area (TPSA) is 71.8 Å². The Balaban J connectivity index is 1.31. The molecule has 0 saturated carbocycles. The first-order valence-corrected chi connectivity index (χ1v) is 9.65. The number of rotatable bonds is 3. The summed E-state index contributed by atoms with van der Waals surface area (Å²) in [7, 11) is 0. The monoisotopic (exact) mass is 388 g/mol. The van der Waals surface area contributed by atoms with Crippen LogP contribution in [0.4, 0.5) is 4.79 Å². The van der Waals surface area contributed by atoms with Crippen LogP contribution in [-0.2, 0) is 17.8 Å². The lowest BCUT2D eigenvalue weighted by Gasteiger charge is -2.29. The molecule has 3 aromatic rings. The molecular weight excluding hydrogens is 368 g/mol. The number of ether oxygens (including phenoxy) is 1. The first kappa shape index (κ1) is 17.6. The number of carboxylic acids is 1. The maximum absolute atomic E-state index is 12.7. The van der Waals surface area contributed by atoms with Gasteiger partial charge in [0.2, 0.25) is 0 Å². The molecule has 29 heavy (non-hydrogen) atoms. The third-order valence-corrected chi connectivity index (χ3v) is 5.83. The van der Waals surface area contributed by atoms with Gasteiger partial charge < -0.3 is 19.3 Å². The summed E-state index contributed by atoms with van der Waals surface area (Å²) in [6, 6.07) is 19.8. The number of carbonyl (C=O) groups is 2. The van der Waals surface area contributed by atoms with Crippen molar-refractivity contribution < 1.29 is 19.4 Å². The van der Waals surface area contributed by atoms with Crippen LogP contribution in [0.15, 0.2) is 60.7 Å². The van der Waals surface area contributed by atoms with E-state index in [0.717, 1.165) is 5.69 Å². The van der Waals surface area contributed by atoms with E-state index in [1.165, 1.54) is 22.3 Å². The van der Waals surface area contributed by atoms with Gasteiger partial charge in [-0.1, -0.05) is 48.5 Å². The molecule has 0 fully saturated rings. The molecule has 2 aromatic carbocycles. The molecule has 1 amide bonds. The molecule has 0 atom stereocenters. The summed E-state index contributed by atoms with van der Waals surface area (Å²) in [6.07, 6.45) is -0.365. The molecule has 0 bridgehead atoms. The van der Waals surface area contributed by atoms with E-state index in [-0.39, 0.29) is 24.3 Å². The number of aromatic nitrogens is 1. The van der Waals surface area contributed by atoms with Crippen molar-refractivity contribution >= 4 is 12.1 Å². The van der Waals surface area contributed by atoms with Gasteiger partial charge in [0.05, 0.1) is 6.54 Å². The first-order chi connectivity index (χ1) is 14.1. The molecule has 0 unspecified atom stereocenters. The van der Waals surface area contributed by atoms with Gasteiger partial charge in [0.25, 0.3) is 0 Å². The minimum atomic E-state index is -0.953. The Kier molecular flexibility index (Phi) is 4.12. The number of amides is 1. The van der Waals surface area contributed by atoms with Crippen LogP contribution in [-0.4, -0.2) is 39.8 Å². The van der Waals surface area contributed by atoms with Gasteiger partial charge in [-0.2, -0.15) is 0 Å². The molecule has 0 saturated heterocycles. The average molecular weight is 388 g/mol. The van der Waals surface area contributed by atoms with Crippen LogP contribution in [0.3, 0.4) is 0 Å². The summed E-state index contributed by atoms with van der Waals surface area (Å²) in [4.78, 5) is 25.6. The number of hydrogen-bond donors (Lipinski definition) is 1. The minimum Gasteiger partial charge on any atom is -0.477 e. The highest BCUT2D eigenvalue weighted by Gasteiger charge is 2.30. The van der Waals surface area contributed by atoms with Crippen molar-refractivity contribution in [3.05, 3.63) is 83.2 Å². The van der Waals surface area contributed by atoms with Gasteiger partial charge in [-0.3, -0.25) is 0 Å². The zero-order valence-corrected chi connectivity index (χ0v) is 15.7. The summed E-state index contributed by atoms with van der Waals surface area (Å²) >= 11 is 0. The second-order valence-electron chi connectivity index (χ2n) is 7.39. The third kappa shape index (κ3) is 2.88. The fraction of sp³-hybridized carbons (Fsp3) is 0.217. The number of hydrogen-bond acceptors (Lipinski definition) is 3. The zero-order chi connectivity index (χ0) is 20.0. The molecule has 1 aliphatic carbocycles. The molecule has 1 N–H and O–H groups in total. The van der Waals surface area contributed by atoms with Gasteiger partial charge in [-0.25, -0.2) is 9.59 Å². The van der Waals surface area contributed by atoms with E-state index in [9.17, 15) is 14.7 Å². The lowest BCUT2D eigenvalue weighted by Crippen LogP contribution is -2.39. The molecule has 6 heteroatoms. The van der Waals surface area contributed by atoms with E-state index in [1.54, 1.807) is 21.6 Å². The van der Waals surface area contributed by atoms with Gasteiger partial charge in [-0.05, 0) is 34.4 Å². The summed E-state index contributed by atoms with van der Waals surface area (Å²) < 4.78 is 7.46. The van der Waals surface area contributed by atoms with E-state index in [2.05, 4.69) is 24.3 Å². The predicted octanol–water partition coefficient (Wildman–Crippen LogP) is 3.95. The quantitative estimate of drug-likeness (QED) is 0.737. The van der Waals surface area contributed by atoms with Gasteiger partial charge in [0.15, 0.2) is 0 Å². The van der Waals surface area contributed by atoms with Crippen LogP contribution in [0.1, 0.15) is 33.2 Å². The Labute approximate surface area is 167 Å². The van der Waals surface area contributed by atoms with Crippen LogP contribution >= 0.6 is 0 Å². The Bertz CT molecular complexity index is 1070. The summed E-state index contributed by atoms with van der Waals surface area (Å²) in [5, 5.41) is 9.24. The molecule has 5 rings (SSSR count). The third-order valence-electron chi connectivity index (χ3n) is 5.83. The molecule has 6 nitrogen and oxygen atoms in total. The van der Waals surface area contributed by atoms with Gasteiger partial charge in [-0.15, -0.1) is 0 Å². The van der Waals surface area contributed by atoms with Gasteiger partial charge in [0, 0.05) is 24.7 Å². The smallest absolute Gasteiger partial charge is 0.410 e. The molecule has 2 heterocycles. The van der Waals surface area contributed by atoms with Crippen molar-refractivity contribution in [2.75, 3.05) is 13.2 Å². The van der Waals surface area contributed by atoms with E-state index in [1.807, 2.05) is 24.3 Å². The lowest BCUT2D eigenvalue weighted by atomic mass is 9.98. The number of nitrogens with zero attached hydrogens (tertiary/aromatic N) is 2. The highest BCUT2D eigenvalue weighted by Crippen LogP contribution is 2.44. The zero-order valence-electron chi connectivity index (χ0n) is 15.7. The van der Waals surface area contributed by atoms with E-state index < -0.39 is 5.97 Å². The fourth-order valence-corrected chi connectivity index (χ4v) is 4.44. The normalized spacial score (nSPS) is 14.8. The highest BCUT2D eigenvalue weighted by atomic mass is 16.6. The van der Waals surface area contributed by atoms with E-state index >= 15 is 0 Å². The van der Waals surface area contributed by atoms with Crippen molar-refractivity contribution in [2.45, 2.75) is 19.0 Å². The van der Waals surface area contributed by atoms with Crippen molar-refractivity contribution in [3.8, 4) is 11.1 Å². The van der Waals surface area contributed by atoms with Crippen LogP contribution in [0, 0.1) is 0 Å². The summed E-state index contributed by atoms with van der Waals surface area (Å²) in [6.45, 7) is 1.52. The number of benzene rings is 2. The van der Waals surface area contributed by atoms with Crippen molar-refractivity contribution in [1.29, 1.82) is 0 Å². The molecular formula is C23H20N2O4. The SMILES string of the molecule is O=C(O)c1ccc2n1CCN(C(=O)OCC1c3ccccc3-c3ccccc31)C2. The first-order valence-electron chi connectivity index (χ1n) is 9.65. The van der Waals surface area contributed by atoms with Crippen molar-refractivity contribution in [2.24, 2.45) is 0 Å². The second-order valence-corrected chi connectivity index (χ2v) is 7.39. The largest absolute Gasteiger partial charge is 0.477 e. The maximum atomic E-state index is 12.7. The van der Waals surface area contributed by atoms with Crippen LogP contribution in [0.5, 0.6) is 0 Å². The fourth-order valence-electron chi connectivity index (χ4n) is 4.44.